The van der Waals surface area contributed by atoms with E-state index in [4.69, 9.17) is 11.3 Å². The van der Waals surface area contributed by atoms with Gasteiger partial charge in [0.25, 0.3) is 0 Å². The molecule has 0 aliphatic rings. The molecule has 5 heteroatoms. The molecule has 84 valence electrons. The Morgan fingerprint density at radius 1 is 1.44 bits per heavy atom. The zero-order valence-electron chi connectivity index (χ0n) is 8.43. The van der Waals surface area contributed by atoms with Crippen molar-refractivity contribution < 1.29 is 17.9 Å². The third-order valence-corrected chi connectivity index (χ3v) is 1.99. The van der Waals surface area contributed by atoms with Crippen LogP contribution in [0.15, 0.2) is 24.8 Å². The van der Waals surface area contributed by atoms with Crippen molar-refractivity contribution in [2.75, 3.05) is 7.11 Å². The molecule has 0 fully saturated rings. The highest BCUT2D eigenvalue weighted by atomic mass is 19.4. The summed E-state index contributed by atoms with van der Waals surface area (Å²) in [4.78, 5) is 3.01. The van der Waals surface area contributed by atoms with Crippen molar-refractivity contribution in [2.24, 2.45) is 0 Å². The van der Waals surface area contributed by atoms with Crippen molar-refractivity contribution in [1.82, 2.24) is 0 Å². The van der Waals surface area contributed by atoms with Crippen LogP contribution in [0.1, 0.15) is 5.56 Å². The molecule has 0 heterocycles. The standard InChI is InChI=1S/C11H8F3NO/c1-7(11(12,13)14)9-6-8(16-3)4-5-10(9)15-2/h4-6H,1H2,3H3. The molecule has 0 aliphatic carbocycles. The number of rotatable bonds is 2. The zero-order valence-corrected chi connectivity index (χ0v) is 8.43. The predicted molar refractivity (Wildman–Crippen MR) is 54.3 cm³/mol. The van der Waals surface area contributed by atoms with Crippen LogP contribution in [0.25, 0.3) is 10.4 Å². The molecule has 0 radical (unpaired) electrons. The van der Waals surface area contributed by atoms with Crippen LogP contribution in [0, 0.1) is 6.57 Å². The number of benzene rings is 1. The average Bonchev–Trinajstić information content (AvgIpc) is 2.25. The van der Waals surface area contributed by atoms with Gasteiger partial charge in [0.1, 0.15) is 5.75 Å². The second-order valence-electron chi connectivity index (χ2n) is 2.97. The smallest absolute Gasteiger partial charge is 0.415 e. The van der Waals surface area contributed by atoms with Crippen molar-refractivity contribution in [3.05, 3.63) is 41.8 Å². The molecule has 0 N–H and O–H groups in total. The normalized spacial score (nSPS) is 10.7. The number of ether oxygens (including phenoxy) is 1. The van der Waals surface area contributed by atoms with Crippen LogP contribution in [0.3, 0.4) is 0 Å². The summed E-state index contributed by atoms with van der Waals surface area (Å²) in [5, 5.41) is 0. The molecule has 0 spiro atoms. The Balaban J connectivity index is 3.31. The van der Waals surface area contributed by atoms with Gasteiger partial charge < -0.3 is 4.74 Å². The molecule has 16 heavy (non-hydrogen) atoms. The van der Waals surface area contributed by atoms with Gasteiger partial charge in [0.2, 0.25) is 0 Å². The lowest BCUT2D eigenvalue weighted by Crippen LogP contribution is -2.09. The number of methoxy groups -OCH3 is 1. The van der Waals surface area contributed by atoms with Crippen molar-refractivity contribution >= 4 is 11.3 Å². The van der Waals surface area contributed by atoms with Crippen LogP contribution >= 0.6 is 0 Å². The Morgan fingerprint density at radius 2 is 2.06 bits per heavy atom. The summed E-state index contributed by atoms with van der Waals surface area (Å²) in [7, 11) is 1.34. The fraction of sp³-hybridized carbons (Fsp3) is 0.182. The van der Waals surface area contributed by atoms with E-state index < -0.39 is 11.7 Å². The van der Waals surface area contributed by atoms with E-state index in [-0.39, 0.29) is 17.0 Å². The fourth-order valence-corrected chi connectivity index (χ4v) is 1.13. The molecule has 0 aliphatic heterocycles. The predicted octanol–water partition coefficient (Wildman–Crippen LogP) is 3.82. The lowest BCUT2D eigenvalue weighted by molar-refractivity contribution is -0.0686. The van der Waals surface area contributed by atoms with Crippen LogP contribution in [0.2, 0.25) is 0 Å². The lowest BCUT2D eigenvalue weighted by Gasteiger charge is -2.12. The summed E-state index contributed by atoms with van der Waals surface area (Å²) in [6.45, 7) is 9.74. The summed E-state index contributed by atoms with van der Waals surface area (Å²) in [6, 6.07) is 3.86. The van der Waals surface area contributed by atoms with Gasteiger partial charge in [-0.2, -0.15) is 13.2 Å². The Morgan fingerprint density at radius 3 is 2.50 bits per heavy atom. The molecule has 1 aromatic rings. The summed E-state index contributed by atoms with van der Waals surface area (Å²) >= 11 is 0. The molecular weight excluding hydrogens is 219 g/mol. The summed E-state index contributed by atoms with van der Waals surface area (Å²) < 4.78 is 42.1. The molecule has 0 unspecified atom stereocenters. The Kier molecular flexibility index (Phi) is 3.23. The Hall–Kier alpha value is -1.96. The first-order valence-corrected chi connectivity index (χ1v) is 4.22. The fourth-order valence-electron chi connectivity index (χ4n) is 1.13. The van der Waals surface area contributed by atoms with Gasteiger partial charge in [-0.15, -0.1) is 0 Å². The molecule has 0 saturated carbocycles. The minimum absolute atomic E-state index is 0.0943. The molecule has 0 saturated heterocycles. The van der Waals surface area contributed by atoms with Gasteiger partial charge in [0.05, 0.1) is 13.7 Å². The van der Waals surface area contributed by atoms with Gasteiger partial charge in [-0.05, 0) is 17.7 Å². The molecule has 1 aromatic carbocycles. The molecule has 0 atom stereocenters. The third kappa shape index (κ3) is 2.34. The third-order valence-electron chi connectivity index (χ3n) is 1.99. The Labute approximate surface area is 90.8 Å². The Bertz CT molecular complexity index is 457. The van der Waals surface area contributed by atoms with E-state index in [9.17, 15) is 13.2 Å². The van der Waals surface area contributed by atoms with Crippen molar-refractivity contribution in [3.63, 3.8) is 0 Å². The minimum Gasteiger partial charge on any atom is -0.497 e. The largest absolute Gasteiger partial charge is 0.497 e. The van der Waals surface area contributed by atoms with E-state index in [1.807, 2.05) is 0 Å². The van der Waals surface area contributed by atoms with Crippen molar-refractivity contribution in [1.29, 1.82) is 0 Å². The van der Waals surface area contributed by atoms with Gasteiger partial charge in [-0.3, -0.25) is 0 Å². The van der Waals surface area contributed by atoms with Gasteiger partial charge in [0.15, 0.2) is 5.69 Å². The number of nitrogens with zero attached hydrogens (tertiary/aromatic N) is 1. The SMILES string of the molecule is [C-]#[N+]c1ccc(OC)cc1C(=C)C(F)(F)F. The van der Waals surface area contributed by atoms with Crippen LogP contribution in [-0.4, -0.2) is 13.3 Å². The number of halogens is 3. The van der Waals surface area contributed by atoms with E-state index in [0.29, 0.717) is 0 Å². The van der Waals surface area contributed by atoms with Crippen LogP contribution in [-0.2, 0) is 0 Å². The summed E-state index contributed by atoms with van der Waals surface area (Å²) in [5.74, 6) is 0.257. The highest BCUT2D eigenvalue weighted by molar-refractivity contribution is 5.79. The first kappa shape index (κ1) is 12.1. The highest BCUT2D eigenvalue weighted by Gasteiger charge is 2.34. The first-order valence-electron chi connectivity index (χ1n) is 4.22. The number of hydrogen-bond acceptors (Lipinski definition) is 1. The maximum absolute atomic E-state index is 12.4. The zero-order chi connectivity index (χ0) is 12.3. The highest BCUT2D eigenvalue weighted by Crippen LogP contribution is 2.38. The van der Waals surface area contributed by atoms with Crippen LogP contribution < -0.4 is 4.74 Å². The van der Waals surface area contributed by atoms with E-state index >= 15 is 0 Å². The average molecular weight is 227 g/mol. The topological polar surface area (TPSA) is 13.6 Å². The molecule has 1 rings (SSSR count). The first-order chi connectivity index (χ1) is 7.40. The molecule has 0 amide bonds. The van der Waals surface area contributed by atoms with Crippen LogP contribution in [0.4, 0.5) is 18.9 Å². The van der Waals surface area contributed by atoms with Gasteiger partial charge in [-0.1, -0.05) is 12.6 Å². The second kappa shape index (κ2) is 4.27. The van der Waals surface area contributed by atoms with Crippen molar-refractivity contribution in [3.8, 4) is 5.75 Å². The number of allylic oxidation sites excluding steroid dienone is 1. The maximum atomic E-state index is 12.4. The maximum Gasteiger partial charge on any atom is 0.415 e. The van der Waals surface area contributed by atoms with Gasteiger partial charge >= 0.3 is 6.18 Å². The van der Waals surface area contributed by atoms with Gasteiger partial charge in [0, 0.05) is 5.57 Å². The van der Waals surface area contributed by atoms with E-state index in [2.05, 4.69) is 11.4 Å². The molecule has 0 bridgehead atoms. The summed E-state index contributed by atoms with van der Waals surface area (Å²) in [5.41, 5.74) is -1.39. The number of hydrogen-bond donors (Lipinski definition) is 0. The lowest BCUT2D eigenvalue weighted by atomic mass is 10.0. The van der Waals surface area contributed by atoms with E-state index in [1.54, 1.807) is 0 Å². The van der Waals surface area contributed by atoms with Crippen molar-refractivity contribution in [2.45, 2.75) is 6.18 Å². The number of alkyl halides is 3. The quantitative estimate of drug-likeness (QED) is 0.700. The summed E-state index contributed by atoms with van der Waals surface area (Å²) in [6.07, 6.45) is -4.55. The molecular formula is C11H8F3NO. The molecule has 0 aromatic heterocycles. The second-order valence-corrected chi connectivity index (χ2v) is 2.97. The molecule has 2 nitrogen and oxygen atoms in total. The monoisotopic (exact) mass is 227 g/mol. The van der Waals surface area contributed by atoms with E-state index in [0.717, 1.165) is 6.07 Å². The van der Waals surface area contributed by atoms with E-state index in [1.165, 1.54) is 19.2 Å². The van der Waals surface area contributed by atoms with Crippen LogP contribution in [0.5, 0.6) is 5.75 Å². The van der Waals surface area contributed by atoms with Gasteiger partial charge in [-0.25, -0.2) is 4.85 Å². The minimum atomic E-state index is -4.55.